The Morgan fingerprint density at radius 2 is 1.80 bits per heavy atom. The third kappa shape index (κ3) is 13.1. The van der Waals surface area contributed by atoms with Crippen molar-refractivity contribution in [1.29, 1.82) is 0 Å². The molecule has 0 bridgehead atoms. The number of aliphatic hydroxyl groups is 1. The van der Waals surface area contributed by atoms with Gasteiger partial charge in [-0.2, -0.15) is 13.2 Å². The van der Waals surface area contributed by atoms with Crippen molar-refractivity contribution in [3.05, 3.63) is 0 Å². The number of alkyl halides is 3. The van der Waals surface area contributed by atoms with Gasteiger partial charge in [0.15, 0.2) is 0 Å². The van der Waals surface area contributed by atoms with Crippen LogP contribution in [0.5, 0.6) is 0 Å². The predicted molar refractivity (Wildman–Crippen MR) is 64.9 cm³/mol. The molecule has 5 N–H and O–H groups in total. The first kappa shape index (κ1) is 21.0. The van der Waals surface area contributed by atoms with E-state index in [4.69, 9.17) is 20.7 Å². The van der Waals surface area contributed by atoms with Gasteiger partial charge in [0, 0.05) is 19.2 Å². The number of hydrogen-bond donors (Lipinski definition) is 4. The van der Waals surface area contributed by atoms with E-state index in [2.05, 4.69) is 5.32 Å². The number of amides is 1. The van der Waals surface area contributed by atoms with Crippen LogP contribution in [0.1, 0.15) is 6.92 Å². The maximum absolute atomic E-state index is 11.0. The van der Waals surface area contributed by atoms with Crippen LogP contribution in [0.4, 0.5) is 13.2 Å². The Balaban J connectivity index is 0. The number of nitrogens with two attached hydrogens (primary N) is 1. The van der Waals surface area contributed by atoms with Crippen molar-refractivity contribution in [2.45, 2.75) is 19.1 Å². The van der Waals surface area contributed by atoms with Crippen molar-refractivity contribution in [2.75, 3.05) is 18.9 Å². The number of thioether (sulfide) groups is 1. The lowest BCUT2D eigenvalue weighted by atomic mass is 10.4. The molecule has 20 heavy (non-hydrogen) atoms. The second-order valence-corrected chi connectivity index (χ2v) is 4.34. The minimum atomic E-state index is -5.08. The Morgan fingerprint density at radius 1 is 1.35 bits per heavy atom. The molecule has 1 amide bonds. The summed E-state index contributed by atoms with van der Waals surface area (Å²) in [6.45, 7) is 1.50. The summed E-state index contributed by atoms with van der Waals surface area (Å²) < 4.78 is 31.7. The minimum absolute atomic E-state index is 0.125. The van der Waals surface area contributed by atoms with Gasteiger partial charge < -0.3 is 21.3 Å². The first-order valence-corrected chi connectivity index (χ1v) is 6.08. The van der Waals surface area contributed by atoms with Crippen LogP contribution < -0.4 is 11.1 Å². The highest BCUT2D eigenvalue weighted by Gasteiger charge is 2.38. The zero-order valence-corrected chi connectivity index (χ0v) is 11.3. The molecule has 0 aromatic rings. The summed E-state index contributed by atoms with van der Waals surface area (Å²) in [6, 6.07) is -0.817. The number of carbonyl (C=O) groups is 3. The number of hydrogen-bond acceptors (Lipinski definition) is 6. The van der Waals surface area contributed by atoms with Gasteiger partial charge >= 0.3 is 12.1 Å². The largest absolute Gasteiger partial charge is 0.490 e. The number of rotatable bonds is 5. The summed E-state index contributed by atoms with van der Waals surface area (Å²) in [5.41, 5.74) is 5.25. The van der Waals surface area contributed by atoms with Crippen LogP contribution >= 0.6 is 11.8 Å². The van der Waals surface area contributed by atoms with Gasteiger partial charge in [-0.05, 0) is 0 Å². The molecule has 11 heteroatoms. The second kappa shape index (κ2) is 10.5. The number of aliphatic carboxylic acids is 1. The number of halogens is 3. The monoisotopic (exact) mass is 320 g/mol. The maximum atomic E-state index is 11.0. The Labute approximate surface area is 116 Å². The fourth-order valence-electron chi connectivity index (χ4n) is 0.560. The van der Waals surface area contributed by atoms with Gasteiger partial charge in [0.25, 0.3) is 0 Å². The molecule has 0 spiro atoms. The average Bonchev–Trinajstić information content (AvgIpc) is 2.32. The molecular weight excluding hydrogens is 305 g/mol. The third-order valence-electron chi connectivity index (χ3n) is 1.46. The van der Waals surface area contributed by atoms with Crippen molar-refractivity contribution in [1.82, 2.24) is 5.32 Å². The lowest BCUT2D eigenvalue weighted by Crippen LogP contribution is -2.33. The molecule has 0 fully saturated rings. The van der Waals surface area contributed by atoms with Gasteiger partial charge in [-0.25, -0.2) is 4.79 Å². The van der Waals surface area contributed by atoms with E-state index in [1.165, 1.54) is 6.92 Å². The van der Waals surface area contributed by atoms with Crippen LogP contribution in [-0.4, -0.2) is 58.3 Å². The molecule has 0 aliphatic rings. The van der Waals surface area contributed by atoms with Gasteiger partial charge in [0.05, 0.1) is 12.6 Å². The number of aliphatic hydroxyl groups excluding tert-OH is 1. The fraction of sp³-hybridized carbons (Fsp3) is 0.667. The van der Waals surface area contributed by atoms with Gasteiger partial charge in [0.2, 0.25) is 11.0 Å². The first-order valence-electron chi connectivity index (χ1n) is 5.10. The third-order valence-corrected chi connectivity index (χ3v) is 2.46. The molecule has 0 aromatic heterocycles. The van der Waals surface area contributed by atoms with Crippen molar-refractivity contribution in [3.63, 3.8) is 0 Å². The highest BCUT2D eigenvalue weighted by Crippen LogP contribution is 2.13. The maximum Gasteiger partial charge on any atom is 0.490 e. The Kier molecular flexibility index (Phi) is 11.0. The van der Waals surface area contributed by atoms with E-state index in [0.717, 1.165) is 11.8 Å². The lowest BCUT2D eigenvalue weighted by Gasteiger charge is -2.05. The zero-order chi connectivity index (χ0) is 16.3. The molecule has 0 aromatic carbocycles. The van der Waals surface area contributed by atoms with E-state index >= 15 is 0 Å². The Bertz CT molecular complexity index is 338. The standard InChI is InChI=1S/C7H14N2O3S.C2HF3O2/c1-5(11)9-2-3-13-7(12)6(8)4-10;3-2(4,5)1(6)7/h6,10H,2-4,8H2,1H3,(H,9,11);(H,6,7)/t6-;/m0./s1. The molecule has 0 aliphatic carbocycles. The van der Waals surface area contributed by atoms with Crippen LogP contribution in [0.2, 0.25) is 0 Å². The molecule has 118 valence electrons. The summed E-state index contributed by atoms with van der Waals surface area (Å²) in [5.74, 6) is -2.40. The predicted octanol–water partition coefficient (Wildman–Crippen LogP) is -0.665. The highest BCUT2D eigenvalue weighted by molar-refractivity contribution is 8.13. The normalized spacial score (nSPS) is 11.9. The number of nitrogens with one attached hydrogen (secondary N) is 1. The molecule has 0 saturated carbocycles. The van der Waals surface area contributed by atoms with E-state index in [0.29, 0.717) is 12.3 Å². The van der Waals surface area contributed by atoms with Crippen molar-refractivity contribution >= 4 is 28.8 Å². The zero-order valence-electron chi connectivity index (χ0n) is 10.4. The molecule has 1 atom stereocenters. The van der Waals surface area contributed by atoms with Crippen LogP contribution in [0.25, 0.3) is 0 Å². The molecule has 0 heterocycles. The summed E-state index contributed by atoms with van der Waals surface area (Å²) in [4.78, 5) is 30.3. The summed E-state index contributed by atoms with van der Waals surface area (Å²) >= 11 is 1.01. The number of carbonyl (C=O) groups excluding carboxylic acids is 2. The summed E-state index contributed by atoms with van der Waals surface area (Å²) in [5, 5.41) is 17.9. The van der Waals surface area contributed by atoms with Crippen LogP contribution in [0, 0.1) is 0 Å². The number of carboxylic acids is 1. The van der Waals surface area contributed by atoms with E-state index < -0.39 is 18.2 Å². The van der Waals surface area contributed by atoms with E-state index in [9.17, 15) is 22.8 Å². The molecular formula is C9H15F3N2O5S. The highest BCUT2D eigenvalue weighted by atomic mass is 32.2. The smallest absolute Gasteiger partial charge is 0.475 e. The number of carboxylic acid groups (broad SMARTS) is 1. The quantitative estimate of drug-likeness (QED) is 0.495. The summed E-state index contributed by atoms with van der Waals surface area (Å²) in [6.07, 6.45) is -5.08. The van der Waals surface area contributed by atoms with Crippen molar-refractivity contribution in [3.8, 4) is 0 Å². The van der Waals surface area contributed by atoms with Gasteiger partial charge in [-0.15, -0.1) is 0 Å². The van der Waals surface area contributed by atoms with Crippen LogP contribution in [-0.2, 0) is 14.4 Å². The van der Waals surface area contributed by atoms with E-state index in [-0.39, 0.29) is 17.6 Å². The van der Waals surface area contributed by atoms with Gasteiger partial charge in [-0.1, -0.05) is 11.8 Å². The van der Waals surface area contributed by atoms with Crippen LogP contribution in [0.15, 0.2) is 0 Å². The molecule has 0 rings (SSSR count). The molecule has 7 nitrogen and oxygen atoms in total. The van der Waals surface area contributed by atoms with E-state index in [1.54, 1.807) is 0 Å². The molecule has 0 saturated heterocycles. The molecule has 0 unspecified atom stereocenters. The van der Waals surface area contributed by atoms with Gasteiger partial charge in [0.1, 0.15) is 0 Å². The first-order chi connectivity index (χ1) is 9.02. The minimum Gasteiger partial charge on any atom is -0.475 e. The van der Waals surface area contributed by atoms with Crippen LogP contribution in [0.3, 0.4) is 0 Å². The fourth-order valence-corrected chi connectivity index (χ4v) is 1.25. The average molecular weight is 320 g/mol. The molecule has 0 aliphatic heterocycles. The van der Waals surface area contributed by atoms with Crippen molar-refractivity contribution in [2.24, 2.45) is 5.73 Å². The Morgan fingerprint density at radius 3 is 2.10 bits per heavy atom. The van der Waals surface area contributed by atoms with Crippen molar-refractivity contribution < 1.29 is 37.8 Å². The topological polar surface area (TPSA) is 130 Å². The van der Waals surface area contributed by atoms with Gasteiger partial charge in [-0.3, -0.25) is 9.59 Å². The SMILES string of the molecule is CC(=O)NCCSC(=O)[C@@H](N)CO.O=C(O)C(F)(F)F. The Hall–Kier alpha value is -1.33. The van der Waals surface area contributed by atoms with E-state index in [1.807, 2.05) is 0 Å². The lowest BCUT2D eigenvalue weighted by molar-refractivity contribution is -0.192. The molecule has 0 radical (unpaired) electrons. The second-order valence-electron chi connectivity index (χ2n) is 3.24. The summed E-state index contributed by atoms with van der Waals surface area (Å²) in [7, 11) is 0.